The molecule has 31 heavy (non-hydrogen) atoms. The predicted octanol–water partition coefficient (Wildman–Crippen LogP) is 2.45. The minimum absolute atomic E-state index is 0.352. The molecule has 0 aliphatic rings. The van der Waals surface area contributed by atoms with Crippen molar-refractivity contribution < 1.29 is 28.7 Å². The molecule has 0 saturated heterocycles. The van der Waals surface area contributed by atoms with E-state index in [2.05, 4.69) is 15.6 Å². The van der Waals surface area contributed by atoms with Crippen LogP contribution in [-0.4, -0.2) is 35.0 Å². The number of benzene rings is 2. The summed E-state index contributed by atoms with van der Waals surface area (Å²) in [6.45, 7) is 0. The second-order valence-corrected chi connectivity index (χ2v) is 6.12. The van der Waals surface area contributed by atoms with Crippen LogP contribution in [0.15, 0.2) is 65.5 Å². The van der Waals surface area contributed by atoms with Gasteiger partial charge >= 0.3 is 11.8 Å². The maximum Gasteiger partial charge on any atom is 0.314 e. The average molecular weight is 422 g/mol. The number of aromatic nitrogens is 1. The molecule has 0 saturated carbocycles. The Morgan fingerprint density at radius 3 is 2.45 bits per heavy atom. The van der Waals surface area contributed by atoms with Crippen molar-refractivity contribution in [2.24, 2.45) is 0 Å². The van der Waals surface area contributed by atoms with Gasteiger partial charge in [0.15, 0.2) is 12.2 Å². The van der Waals surface area contributed by atoms with Gasteiger partial charge in [-0.05, 0) is 35.9 Å². The highest BCUT2D eigenvalue weighted by Gasteiger charge is 2.16. The van der Waals surface area contributed by atoms with Gasteiger partial charge < -0.3 is 19.8 Å². The summed E-state index contributed by atoms with van der Waals surface area (Å²) in [4.78, 5) is 39.5. The SMILES string of the molecule is COc1cc(NC(=O)C(=O)Nc2cccc(/C=C/C(=O)NO)c2)ccc1-c1cnco1. The first kappa shape index (κ1) is 21.3. The number of carbonyl (C=O) groups is 3. The van der Waals surface area contributed by atoms with Gasteiger partial charge in [0.1, 0.15) is 5.75 Å². The Kier molecular flexibility index (Phi) is 6.76. The van der Waals surface area contributed by atoms with E-state index in [-0.39, 0.29) is 0 Å². The highest BCUT2D eigenvalue weighted by atomic mass is 16.5. The van der Waals surface area contributed by atoms with Gasteiger partial charge in [0.05, 0.1) is 18.9 Å². The van der Waals surface area contributed by atoms with Gasteiger partial charge in [-0.1, -0.05) is 12.1 Å². The highest BCUT2D eigenvalue weighted by Crippen LogP contribution is 2.32. The van der Waals surface area contributed by atoms with Crippen molar-refractivity contribution in [3.05, 3.63) is 66.7 Å². The lowest BCUT2D eigenvalue weighted by Crippen LogP contribution is -2.29. The molecule has 0 fully saturated rings. The smallest absolute Gasteiger partial charge is 0.314 e. The maximum absolute atomic E-state index is 12.3. The number of hydroxylamine groups is 1. The molecule has 2 aromatic carbocycles. The number of amides is 3. The van der Waals surface area contributed by atoms with E-state index in [1.807, 2.05) is 0 Å². The fraction of sp³-hybridized carbons (Fsp3) is 0.0476. The lowest BCUT2D eigenvalue weighted by Gasteiger charge is -2.10. The summed E-state index contributed by atoms with van der Waals surface area (Å²) in [6.07, 6.45) is 5.37. The van der Waals surface area contributed by atoms with Crippen LogP contribution in [0, 0.1) is 0 Å². The monoisotopic (exact) mass is 422 g/mol. The Labute approximate surface area is 176 Å². The van der Waals surface area contributed by atoms with Crippen molar-refractivity contribution in [1.29, 1.82) is 0 Å². The lowest BCUT2D eigenvalue weighted by molar-refractivity contribution is -0.132. The molecular weight excluding hydrogens is 404 g/mol. The normalized spacial score (nSPS) is 10.5. The molecule has 1 heterocycles. The van der Waals surface area contributed by atoms with E-state index in [4.69, 9.17) is 14.4 Å². The molecule has 0 radical (unpaired) electrons. The second-order valence-electron chi connectivity index (χ2n) is 6.12. The van der Waals surface area contributed by atoms with E-state index in [0.717, 1.165) is 6.08 Å². The van der Waals surface area contributed by atoms with E-state index in [0.29, 0.717) is 34.0 Å². The van der Waals surface area contributed by atoms with Crippen molar-refractivity contribution in [3.8, 4) is 17.1 Å². The number of anilines is 2. The fourth-order valence-electron chi connectivity index (χ4n) is 2.63. The summed E-state index contributed by atoms with van der Waals surface area (Å²) in [5.74, 6) is -1.53. The van der Waals surface area contributed by atoms with Crippen LogP contribution in [0.4, 0.5) is 11.4 Å². The number of carbonyl (C=O) groups excluding carboxylic acids is 3. The van der Waals surface area contributed by atoms with E-state index < -0.39 is 17.7 Å². The molecule has 10 nitrogen and oxygen atoms in total. The Bertz CT molecular complexity index is 1120. The van der Waals surface area contributed by atoms with Crippen LogP contribution < -0.4 is 20.9 Å². The zero-order valence-corrected chi connectivity index (χ0v) is 16.3. The van der Waals surface area contributed by atoms with E-state index in [1.54, 1.807) is 42.5 Å². The first-order valence-corrected chi connectivity index (χ1v) is 8.91. The van der Waals surface area contributed by atoms with Crippen LogP contribution in [0.3, 0.4) is 0 Å². The van der Waals surface area contributed by atoms with Gasteiger partial charge in [0.25, 0.3) is 5.91 Å². The first-order chi connectivity index (χ1) is 15.0. The lowest BCUT2D eigenvalue weighted by atomic mass is 10.1. The Hall–Kier alpha value is -4.44. The van der Waals surface area contributed by atoms with Crippen LogP contribution in [0.5, 0.6) is 5.75 Å². The minimum Gasteiger partial charge on any atom is -0.496 e. The minimum atomic E-state index is -0.882. The second kappa shape index (κ2) is 9.85. The third-order valence-electron chi connectivity index (χ3n) is 4.05. The van der Waals surface area contributed by atoms with Gasteiger partial charge in [-0.3, -0.25) is 19.6 Å². The third-order valence-corrected chi connectivity index (χ3v) is 4.05. The number of hydrogen-bond acceptors (Lipinski definition) is 7. The molecule has 1 aromatic heterocycles. The molecule has 158 valence electrons. The quantitative estimate of drug-likeness (QED) is 0.207. The molecule has 0 spiro atoms. The summed E-state index contributed by atoms with van der Waals surface area (Å²) in [7, 11) is 1.47. The molecule has 0 bridgehead atoms. The average Bonchev–Trinajstić information content (AvgIpc) is 3.32. The van der Waals surface area contributed by atoms with Crippen molar-refractivity contribution in [3.63, 3.8) is 0 Å². The molecule has 10 heteroatoms. The van der Waals surface area contributed by atoms with Crippen molar-refractivity contribution in [2.75, 3.05) is 17.7 Å². The van der Waals surface area contributed by atoms with E-state index in [9.17, 15) is 14.4 Å². The van der Waals surface area contributed by atoms with Gasteiger partial charge in [0.2, 0.25) is 0 Å². The van der Waals surface area contributed by atoms with E-state index in [1.165, 1.54) is 31.3 Å². The van der Waals surface area contributed by atoms with Crippen molar-refractivity contribution in [2.45, 2.75) is 0 Å². The third kappa shape index (κ3) is 5.55. The number of hydrogen-bond donors (Lipinski definition) is 4. The van der Waals surface area contributed by atoms with Crippen molar-refractivity contribution in [1.82, 2.24) is 10.5 Å². The van der Waals surface area contributed by atoms with Crippen LogP contribution >= 0.6 is 0 Å². The molecule has 3 rings (SSSR count). The summed E-state index contributed by atoms with van der Waals surface area (Å²) < 4.78 is 10.6. The first-order valence-electron chi connectivity index (χ1n) is 8.91. The summed E-state index contributed by atoms with van der Waals surface area (Å²) in [5.41, 5.74) is 3.40. The molecular formula is C21H18N4O6. The maximum atomic E-state index is 12.3. The number of methoxy groups -OCH3 is 1. The zero-order chi connectivity index (χ0) is 22.2. The molecule has 3 aromatic rings. The van der Waals surface area contributed by atoms with Crippen LogP contribution in [-0.2, 0) is 14.4 Å². The van der Waals surface area contributed by atoms with E-state index >= 15 is 0 Å². The topological polar surface area (TPSA) is 143 Å². The number of oxazole rings is 1. The number of rotatable bonds is 6. The van der Waals surface area contributed by atoms with Crippen molar-refractivity contribution >= 4 is 35.2 Å². The molecule has 4 N–H and O–H groups in total. The van der Waals surface area contributed by atoms with Gasteiger partial charge in [-0.25, -0.2) is 10.5 Å². The largest absolute Gasteiger partial charge is 0.496 e. The standard InChI is InChI=1S/C21H18N4O6/c1-30-17-10-15(6-7-16(17)18-11-22-12-31-18)24-21(28)20(27)23-14-4-2-3-13(9-14)5-8-19(26)25-29/h2-12,29H,1H3,(H,23,27)(H,24,28)(H,25,26)/b8-5+. The molecule has 0 unspecified atom stereocenters. The highest BCUT2D eigenvalue weighted by molar-refractivity contribution is 6.43. The van der Waals surface area contributed by atoms with Crippen LogP contribution in [0.1, 0.15) is 5.56 Å². The summed E-state index contributed by atoms with van der Waals surface area (Å²) in [6, 6.07) is 11.3. The number of ether oxygens (including phenoxy) is 1. The fourth-order valence-corrected chi connectivity index (χ4v) is 2.63. The van der Waals surface area contributed by atoms with Gasteiger partial charge in [-0.2, -0.15) is 0 Å². The molecule has 3 amide bonds. The summed E-state index contributed by atoms with van der Waals surface area (Å²) >= 11 is 0. The number of nitrogens with one attached hydrogen (secondary N) is 3. The Balaban J connectivity index is 1.67. The molecule has 0 atom stereocenters. The summed E-state index contributed by atoms with van der Waals surface area (Å²) in [5, 5.41) is 13.5. The van der Waals surface area contributed by atoms with Gasteiger partial charge in [0, 0.05) is 23.5 Å². The van der Waals surface area contributed by atoms with Crippen LogP contribution in [0.25, 0.3) is 17.4 Å². The predicted molar refractivity (Wildman–Crippen MR) is 111 cm³/mol. The molecule has 0 aliphatic carbocycles. The van der Waals surface area contributed by atoms with Gasteiger partial charge in [-0.15, -0.1) is 0 Å². The number of nitrogens with zero attached hydrogens (tertiary/aromatic N) is 1. The molecule has 0 aliphatic heterocycles. The Morgan fingerprint density at radius 2 is 1.81 bits per heavy atom. The van der Waals surface area contributed by atoms with Crippen LogP contribution in [0.2, 0.25) is 0 Å². The Morgan fingerprint density at radius 1 is 1.06 bits per heavy atom. The zero-order valence-electron chi connectivity index (χ0n) is 16.3.